The quantitative estimate of drug-likeness (QED) is 0.584. The number of aliphatic hydroxyl groups is 1. The normalized spacial score (nSPS) is 21.4. The molecule has 17 heavy (non-hydrogen) atoms. The van der Waals surface area contributed by atoms with Gasteiger partial charge in [0.05, 0.1) is 6.61 Å². The first kappa shape index (κ1) is 12.3. The smallest absolute Gasteiger partial charge is 0.311 e. The molecule has 1 aliphatic carbocycles. The molecule has 96 valence electrons. The van der Waals surface area contributed by atoms with Gasteiger partial charge in [-0.2, -0.15) is 0 Å². The van der Waals surface area contributed by atoms with Crippen LogP contribution in [-0.4, -0.2) is 72.1 Å². The number of piperazine rings is 1. The van der Waals surface area contributed by atoms with Crippen molar-refractivity contribution in [2.75, 3.05) is 39.3 Å². The van der Waals surface area contributed by atoms with Gasteiger partial charge in [0.2, 0.25) is 0 Å². The summed E-state index contributed by atoms with van der Waals surface area (Å²) in [6, 6.07) is 0.224. The van der Waals surface area contributed by atoms with Gasteiger partial charge in [0, 0.05) is 38.8 Å². The number of nitrogens with zero attached hydrogens (tertiary/aromatic N) is 2. The summed E-state index contributed by atoms with van der Waals surface area (Å²) in [5.41, 5.74) is 0. The van der Waals surface area contributed by atoms with Crippen molar-refractivity contribution in [1.29, 1.82) is 0 Å². The Hall–Kier alpha value is -1.14. The third-order valence-corrected chi connectivity index (χ3v) is 3.18. The number of hydrogen-bond donors (Lipinski definition) is 2. The van der Waals surface area contributed by atoms with Crippen LogP contribution in [0.3, 0.4) is 0 Å². The lowest BCUT2D eigenvalue weighted by atomic mass is 10.3. The molecular weight excluding hydrogens is 222 g/mol. The van der Waals surface area contributed by atoms with Crippen molar-refractivity contribution in [3.05, 3.63) is 0 Å². The zero-order valence-electron chi connectivity index (χ0n) is 9.89. The molecule has 0 aromatic heterocycles. The summed E-state index contributed by atoms with van der Waals surface area (Å²) >= 11 is 0. The average molecular weight is 241 g/mol. The molecule has 2 rings (SSSR count). The molecule has 0 aromatic carbocycles. The van der Waals surface area contributed by atoms with Crippen molar-refractivity contribution in [1.82, 2.24) is 15.1 Å². The highest BCUT2D eigenvalue weighted by Crippen LogP contribution is 2.18. The molecule has 2 fully saturated rings. The van der Waals surface area contributed by atoms with Crippen molar-refractivity contribution in [3.8, 4) is 0 Å². The maximum Gasteiger partial charge on any atom is 0.311 e. The summed E-state index contributed by atoms with van der Waals surface area (Å²) in [5, 5.41) is 11.5. The zero-order valence-corrected chi connectivity index (χ0v) is 9.89. The minimum absolute atomic E-state index is 0.135. The van der Waals surface area contributed by atoms with Crippen LogP contribution in [0.25, 0.3) is 0 Å². The van der Waals surface area contributed by atoms with Gasteiger partial charge in [0.1, 0.15) is 0 Å². The zero-order chi connectivity index (χ0) is 12.3. The lowest BCUT2D eigenvalue weighted by Gasteiger charge is -2.33. The summed E-state index contributed by atoms with van der Waals surface area (Å²) in [7, 11) is 0. The second kappa shape index (κ2) is 5.46. The molecule has 2 amide bonds. The molecule has 0 bridgehead atoms. The van der Waals surface area contributed by atoms with Crippen LogP contribution in [0.5, 0.6) is 0 Å². The third kappa shape index (κ3) is 3.41. The summed E-state index contributed by atoms with van der Waals surface area (Å²) in [6.45, 7) is 3.35. The molecule has 1 aliphatic heterocycles. The van der Waals surface area contributed by atoms with Crippen LogP contribution >= 0.6 is 0 Å². The lowest BCUT2D eigenvalue weighted by Crippen LogP contribution is -2.53. The van der Waals surface area contributed by atoms with E-state index in [1.54, 1.807) is 4.90 Å². The van der Waals surface area contributed by atoms with E-state index in [2.05, 4.69) is 10.2 Å². The predicted molar refractivity (Wildman–Crippen MR) is 61.3 cm³/mol. The standard InChI is InChI=1S/C11H19N3O3/c15-8-7-13-3-5-14(6-4-13)11(17)10(16)12-9-1-2-9/h9,15H,1-8H2,(H,12,16). The molecule has 0 unspecified atom stereocenters. The maximum absolute atomic E-state index is 11.8. The van der Waals surface area contributed by atoms with Gasteiger partial charge in [0.25, 0.3) is 0 Å². The van der Waals surface area contributed by atoms with Crippen LogP contribution in [0.4, 0.5) is 0 Å². The summed E-state index contributed by atoms with van der Waals surface area (Å²) in [5.74, 6) is -0.886. The maximum atomic E-state index is 11.8. The van der Waals surface area contributed by atoms with E-state index in [4.69, 9.17) is 5.11 Å². The Bertz CT molecular complexity index is 296. The summed E-state index contributed by atoms with van der Waals surface area (Å²) in [4.78, 5) is 27.0. The van der Waals surface area contributed by atoms with Crippen molar-refractivity contribution < 1.29 is 14.7 Å². The van der Waals surface area contributed by atoms with Gasteiger partial charge >= 0.3 is 11.8 Å². The van der Waals surface area contributed by atoms with E-state index in [0.717, 1.165) is 25.9 Å². The summed E-state index contributed by atoms with van der Waals surface area (Å²) in [6.07, 6.45) is 1.98. The fourth-order valence-electron chi connectivity index (χ4n) is 1.93. The molecule has 1 saturated carbocycles. The second-order valence-electron chi connectivity index (χ2n) is 4.61. The van der Waals surface area contributed by atoms with E-state index >= 15 is 0 Å². The number of carbonyl (C=O) groups excluding carboxylic acids is 2. The van der Waals surface area contributed by atoms with Crippen LogP contribution in [0.2, 0.25) is 0 Å². The van der Waals surface area contributed by atoms with Crippen molar-refractivity contribution >= 4 is 11.8 Å². The van der Waals surface area contributed by atoms with Gasteiger partial charge < -0.3 is 15.3 Å². The largest absolute Gasteiger partial charge is 0.395 e. The predicted octanol–water partition coefficient (Wildman–Crippen LogP) is -1.60. The second-order valence-corrected chi connectivity index (χ2v) is 4.61. The van der Waals surface area contributed by atoms with Gasteiger partial charge in [-0.25, -0.2) is 0 Å². The van der Waals surface area contributed by atoms with Gasteiger partial charge in [-0.15, -0.1) is 0 Å². The van der Waals surface area contributed by atoms with Gasteiger partial charge in [-0.3, -0.25) is 14.5 Å². The molecule has 0 atom stereocenters. The first-order valence-electron chi connectivity index (χ1n) is 6.13. The van der Waals surface area contributed by atoms with E-state index in [9.17, 15) is 9.59 Å². The van der Waals surface area contributed by atoms with E-state index in [1.165, 1.54) is 0 Å². The fourth-order valence-corrected chi connectivity index (χ4v) is 1.93. The molecule has 1 saturated heterocycles. The Morgan fingerprint density at radius 1 is 1.18 bits per heavy atom. The first-order valence-corrected chi connectivity index (χ1v) is 6.13. The average Bonchev–Trinajstić information content (AvgIpc) is 3.13. The lowest BCUT2D eigenvalue weighted by molar-refractivity contribution is -0.147. The Labute approximate surface area is 101 Å². The number of nitrogens with one attached hydrogen (secondary N) is 1. The molecule has 0 radical (unpaired) electrons. The number of β-amino-alcohol motifs (C(OH)–C–C–N with tert-alkyl or cyclic N) is 1. The number of hydrogen-bond acceptors (Lipinski definition) is 4. The van der Waals surface area contributed by atoms with Gasteiger partial charge in [-0.1, -0.05) is 0 Å². The minimum atomic E-state index is -0.469. The molecule has 2 N–H and O–H groups in total. The highest BCUT2D eigenvalue weighted by Gasteiger charge is 2.30. The first-order chi connectivity index (χ1) is 8.20. The Kier molecular flexibility index (Phi) is 3.96. The number of aliphatic hydroxyl groups excluding tert-OH is 1. The molecule has 1 heterocycles. The van der Waals surface area contributed by atoms with Crippen LogP contribution in [0, 0.1) is 0 Å². The highest BCUT2D eigenvalue weighted by molar-refractivity contribution is 6.35. The van der Waals surface area contributed by atoms with Crippen LogP contribution in [0.15, 0.2) is 0 Å². The number of carbonyl (C=O) groups is 2. The summed E-state index contributed by atoms with van der Waals surface area (Å²) < 4.78 is 0. The van der Waals surface area contributed by atoms with Crippen molar-refractivity contribution in [3.63, 3.8) is 0 Å². The van der Waals surface area contributed by atoms with Crippen molar-refractivity contribution in [2.45, 2.75) is 18.9 Å². The van der Waals surface area contributed by atoms with Crippen LogP contribution in [0.1, 0.15) is 12.8 Å². The van der Waals surface area contributed by atoms with E-state index in [1.807, 2.05) is 0 Å². The van der Waals surface area contributed by atoms with Gasteiger partial charge in [0.15, 0.2) is 0 Å². The minimum Gasteiger partial charge on any atom is -0.395 e. The third-order valence-electron chi connectivity index (χ3n) is 3.18. The molecule has 6 nitrogen and oxygen atoms in total. The SMILES string of the molecule is O=C(NC1CC1)C(=O)N1CCN(CCO)CC1. The molecule has 0 spiro atoms. The number of rotatable bonds is 3. The highest BCUT2D eigenvalue weighted by atomic mass is 16.3. The number of amides is 2. The van der Waals surface area contributed by atoms with Crippen LogP contribution < -0.4 is 5.32 Å². The molecule has 0 aromatic rings. The van der Waals surface area contributed by atoms with E-state index in [-0.39, 0.29) is 12.6 Å². The Morgan fingerprint density at radius 2 is 1.82 bits per heavy atom. The molecular formula is C11H19N3O3. The van der Waals surface area contributed by atoms with E-state index < -0.39 is 11.8 Å². The van der Waals surface area contributed by atoms with Crippen molar-refractivity contribution in [2.24, 2.45) is 0 Å². The topological polar surface area (TPSA) is 72.9 Å². The van der Waals surface area contributed by atoms with E-state index in [0.29, 0.717) is 19.6 Å². The fraction of sp³-hybridized carbons (Fsp3) is 0.818. The van der Waals surface area contributed by atoms with Crippen LogP contribution in [-0.2, 0) is 9.59 Å². The van der Waals surface area contributed by atoms with Gasteiger partial charge in [-0.05, 0) is 12.8 Å². The Morgan fingerprint density at radius 3 is 2.35 bits per heavy atom. The Balaban J connectivity index is 1.75. The molecule has 2 aliphatic rings. The molecule has 6 heteroatoms. The monoisotopic (exact) mass is 241 g/mol.